The van der Waals surface area contributed by atoms with Gasteiger partial charge in [-0.15, -0.1) is 0 Å². The molecule has 0 unspecified atom stereocenters. The van der Waals surface area contributed by atoms with Gasteiger partial charge in [0.05, 0.1) is 6.04 Å². The zero-order chi connectivity index (χ0) is 25.6. The highest BCUT2D eigenvalue weighted by Crippen LogP contribution is 2.65. The number of fused-ring (bicyclic) bond motifs is 1. The van der Waals surface area contributed by atoms with Crippen molar-refractivity contribution in [2.75, 3.05) is 19.7 Å². The SMILES string of the molecule is CC(=O)N[C@H](C(=O)N1C[C@H]2[C@@H]([C@H]1C(=O)N[C@@H](C[C@@H]1CCNC1=O)C(=O)CO)C2(C)C)C(C)(C)C. The summed E-state index contributed by atoms with van der Waals surface area (Å²) in [7, 11) is 0. The summed E-state index contributed by atoms with van der Waals surface area (Å²) in [5.41, 5.74) is -0.705. The number of likely N-dealkylation sites (tertiary alicyclic amines) is 1. The molecule has 0 bridgehead atoms. The third-order valence-corrected chi connectivity index (χ3v) is 7.76. The number of Topliss-reactive ketones (excluding diaryl/α,β-unsaturated/α-hetero) is 1. The zero-order valence-corrected chi connectivity index (χ0v) is 20.9. The Kier molecular flexibility index (Phi) is 7.13. The van der Waals surface area contributed by atoms with Gasteiger partial charge in [-0.25, -0.2) is 0 Å². The molecule has 3 fully saturated rings. The Balaban J connectivity index is 1.83. The van der Waals surface area contributed by atoms with Gasteiger partial charge in [-0.3, -0.25) is 24.0 Å². The molecular formula is C24H38N4O6. The maximum atomic E-state index is 13.6. The van der Waals surface area contributed by atoms with Crippen LogP contribution in [0.25, 0.3) is 0 Å². The average molecular weight is 479 g/mol. The molecule has 1 aliphatic carbocycles. The molecule has 10 heteroatoms. The predicted octanol–water partition coefficient (Wildman–Crippen LogP) is -0.407. The molecule has 0 aromatic heterocycles. The largest absolute Gasteiger partial charge is 0.389 e. The molecule has 2 saturated heterocycles. The van der Waals surface area contributed by atoms with Crippen LogP contribution in [0, 0.1) is 28.6 Å². The Morgan fingerprint density at radius 3 is 2.35 bits per heavy atom. The highest BCUT2D eigenvalue weighted by Gasteiger charge is 2.69. The van der Waals surface area contributed by atoms with Crippen LogP contribution in [-0.2, 0) is 24.0 Å². The molecule has 3 aliphatic rings. The van der Waals surface area contributed by atoms with Gasteiger partial charge in [0.15, 0.2) is 5.78 Å². The first kappa shape index (κ1) is 26.1. The summed E-state index contributed by atoms with van der Waals surface area (Å²) in [4.78, 5) is 64.9. The molecule has 3 rings (SSSR count). The lowest BCUT2D eigenvalue weighted by Gasteiger charge is -2.37. The number of carbonyl (C=O) groups is 5. The van der Waals surface area contributed by atoms with Gasteiger partial charge in [0, 0.05) is 25.9 Å². The topological polar surface area (TPSA) is 145 Å². The van der Waals surface area contributed by atoms with Crippen molar-refractivity contribution in [2.24, 2.45) is 28.6 Å². The quantitative estimate of drug-likeness (QED) is 0.373. The van der Waals surface area contributed by atoms with Gasteiger partial charge in [0.25, 0.3) is 0 Å². The van der Waals surface area contributed by atoms with Crippen LogP contribution in [0.2, 0.25) is 0 Å². The van der Waals surface area contributed by atoms with Gasteiger partial charge in [-0.1, -0.05) is 34.6 Å². The van der Waals surface area contributed by atoms with Crippen molar-refractivity contribution in [3.8, 4) is 0 Å². The zero-order valence-electron chi connectivity index (χ0n) is 20.9. The molecule has 2 heterocycles. The molecule has 4 N–H and O–H groups in total. The first-order valence-electron chi connectivity index (χ1n) is 12.0. The molecule has 2 aliphatic heterocycles. The van der Waals surface area contributed by atoms with Crippen LogP contribution in [0.1, 0.15) is 54.4 Å². The van der Waals surface area contributed by atoms with E-state index in [1.54, 1.807) is 0 Å². The molecular weight excluding hydrogens is 440 g/mol. The molecule has 0 spiro atoms. The van der Waals surface area contributed by atoms with Gasteiger partial charge in [0.2, 0.25) is 23.6 Å². The molecule has 4 amide bonds. The van der Waals surface area contributed by atoms with Crippen molar-refractivity contribution < 1.29 is 29.1 Å². The lowest BCUT2D eigenvalue weighted by Crippen LogP contribution is -2.60. The van der Waals surface area contributed by atoms with Crippen LogP contribution in [0.3, 0.4) is 0 Å². The van der Waals surface area contributed by atoms with Crippen molar-refractivity contribution >= 4 is 29.4 Å². The molecule has 10 nitrogen and oxygen atoms in total. The van der Waals surface area contributed by atoms with Crippen LogP contribution in [0.4, 0.5) is 0 Å². The van der Waals surface area contributed by atoms with Gasteiger partial charge < -0.3 is 26.0 Å². The monoisotopic (exact) mass is 478 g/mol. The number of nitrogens with zero attached hydrogens (tertiary/aromatic N) is 1. The van der Waals surface area contributed by atoms with Crippen LogP contribution in [-0.4, -0.2) is 77.2 Å². The number of rotatable bonds is 8. The molecule has 0 radical (unpaired) electrons. The maximum Gasteiger partial charge on any atom is 0.246 e. The minimum Gasteiger partial charge on any atom is -0.389 e. The summed E-state index contributed by atoms with van der Waals surface area (Å²) in [5.74, 6) is -2.22. The highest BCUT2D eigenvalue weighted by atomic mass is 16.3. The molecule has 190 valence electrons. The standard InChI is InChI=1S/C24H38N4O6/c1-12(30)26-19(23(2,3)4)22(34)28-10-14-17(24(14,5)6)18(28)21(33)27-15(16(31)11-29)9-13-7-8-25-20(13)32/h13-15,17-19,29H,7-11H2,1-6H3,(H,25,32)(H,26,30)(H,27,33)/t13-,14-,15-,17-,18-,19+/m0/s1. The predicted molar refractivity (Wildman–Crippen MR) is 123 cm³/mol. The number of ketones is 1. The normalized spacial score (nSPS) is 29.0. The molecule has 0 aromatic carbocycles. The summed E-state index contributed by atoms with van der Waals surface area (Å²) in [6.07, 6.45) is 0.658. The first-order valence-corrected chi connectivity index (χ1v) is 12.0. The second-order valence-electron chi connectivity index (χ2n) is 11.6. The van der Waals surface area contributed by atoms with E-state index in [2.05, 4.69) is 29.8 Å². The fraction of sp³-hybridized carbons (Fsp3) is 0.792. The van der Waals surface area contributed by atoms with Crippen molar-refractivity contribution in [1.82, 2.24) is 20.9 Å². The average Bonchev–Trinajstić information content (AvgIpc) is 3.10. The van der Waals surface area contributed by atoms with Crippen LogP contribution in [0.5, 0.6) is 0 Å². The number of hydrogen-bond acceptors (Lipinski definition) is 6. The molecule has 6 atom stereocenters. The lowest BCUT2D eigenvalue weighted by molar-refractivity contribution is -0.146. The maximum absolute atomic E-state index is 13.6. The fourth-order valence-electron chi connectivity index (χ4n) is 5.62. The van der Waals surface area contributed by atoms with Gasteiger partial charge in [0.1, 0.15) is 18.7 Å². The Labute approximate surface area is 200 Å². The van der Waals surface area contributed by atoms with E-state index in [4.69, 9.17) is 0 Å². The van der Waals surface area contributed by atoms with E-state index in [1.807, 2.05) is 20.8 Å². The molecule has 0 aromatic rings. The number of aliphatic hydroxyl groups excluding tert-OH is 1. The number of amides is 4. The number of piperidine rings is 1. The summed E-state index contributed by atoms with van der Waals surface area (Å²) in [5, 5.41) is 17.6. The smallest absolute Gasteiger partial charge is 0.246 e. The Bertz CT molecular complexity index is 879. The van der Waals surface area contributed by atoms with Crippen molar-refractivity contribution in [3.63, 3.8) is 0 Å². The van der Waals surface area contributed by atoms with Crippen LogP contribution < -0.4 is 16.0 Å². The summed E-state index contributed by atoms with van der Waals surface area (Å²) < 4.78 is 0. The molecule has 34 heavy (non-hydrogen) atoms. The fourth-order valence-corrected chi connectivity index (χ4v) is 5.62. The van der Waals surface area contributed by atoms with Gasteiger partial charge >= 0.3 is 0 Å². The second kappa shape index (κ2) is 9.28. The Hall–Kier alpha value is -2.49. The second-order valence-corrected chi connectivity index (χ2v) is 11.6. The summed E-state index contributed by atoms with van der Waals surface area (Å²) in [6, 6.07) is -2.62. The van der Waals surface area contributed by atoms with Gasteiger partial charge in [-0.05, 0) is 35.5 Å². The Morgan fingerprint density at radius 2 is 1.85 bits per heavy atom. The van der Waals surface area contributed by atoms with Crippen molar-refractivity contribution in [2.45, 2.75) is 72.5 Å². The number of hydrogen-bond donors (Lipinski definition) is 4. The summed E-state index contributed by atoms with van der Waals surface area (Å²) in [6.45, 7) is 11.2. The highest BCUT2D eigenvalue weighted by molar-refractivity contribution is 5.96. The van der Waals surface area contributed by atoms with E-state index < -0.39 is 47.8 Å². The van der Waals surface area contributed by atoms with E-state index in [0.29, 0.717) is 19.5 Å². The van der Waals surface area contributed by atoms with Crippen molar-refractivity contribution in [3.05, 3.63) is 0 Å². The van der Waals surface area contributed by atoms with Crippen LogP contribution >= 0.6 is 0 Å². The summed E-state index contributed by atoms with van der Waals surface area (Å²) >= 11 is 0. The van der Waals surface area contributed by atoms with E-state index in [-0.39, 0.29) is 41.4 Å². The minimum atomic E-state index is -1.02. The van der Waals surface area contributed by atoms with E-state index in [0.717, 1.165) is 0 Å². The Morgan fingerprint density at radius 1 is 1.21 bits per heavy atom. The third kappa shape index (κ3) is 4.96. The van der Waals surface area contributed by atoms with E-state index in [9.17, 15) is 29.1 Å². The molecule has 1 saturated carbocycles. The lowest BCUT2D eigenvalue weighted by atomic mass is 9.85. The van der Waals surface area contributed by atoms with E-state index >= 15 is 0 Å². The minimum absolute atomic E-state index is 0.0749. The number of nitrogens with one attached hydrogen (secondary N) is 3. The van der Waals surface area contributed by atoms with Gasteiger partial charge in [-0.2, -0.15) is 0 Å². The first-order chi connectivity index (χ1) is 15.7. The van der Waals surface area contributed by atoms with E-state index in [1.165, 1.54) is 11.8 Å². The number of carbonyl (C=O) groups excluding carboxylic acids is 5. The van der Waals surface area contributed by atoms with Crippen molar-refractivity contribution in [1.29, 1.82) is 0 Å². The number of aliphatic hydroxyl groups is 1. The third-order valence-electron chi connectivity index (χ3n) is 7.76. The van der Waals surface area contributed by atoms with Crippen LogP contribution in [0.15, 0.2) is 0 Å².